The van der Waals surface area contributed by atoms with Crippen LogP contribution < -0.4 is 0 Å². The fraction of sp³-hybridized carbons (Fsp3) is 0.600. The van der Waals surface area contributed by atoms with Gasteiger partial charge < -0.3 is 4.90 Å². The molecule has 1 aromatic heterocycles. The third-order valence-corrected chi connectivity index (χ3v) is 2.26. The molecule has 6 nitrogen and oxygen atoms in total. The minimum Gasteiger partial charge on any atom is -0.337 e. The van der Waals surface area contributed by atoms with Gasteiger partial charge in [-0.05, 0) is 13.3 Å². The van der Waals surface area contributed by atoms with Crippen molar-refractivity contribution in [3.63, 3.8) is 0 Å². The molecule has 0 saturated heterocycles. The summed E-state index contributed by atoms with van der Waals surface area (Å²) in [7, 11) is 1.65. The van der Waals surface area contributed by atoms with E-state index in [9.17, 15) is 4.79 Å². The third kappa shape index (κ3) is 2.79. The molecular weight excluding hydrogens is 206 g/mol. The number of carbonyl (C=O) groups is 1. The topological polar surface area (TPSA) is 85.7 Å². The Bertz CT molecular complexity index is 406. The van der Waals surface area contributed by atoms with Gasteiger partial charge in [0.05, 0.1) is 12.6 Å². The highest BCUT2D eigenvalue weighted by atomic mass is 16.2. The van der Waals surface area contributed by atoms with Crippen molar-refractivity contribution in [2.24, 2.45) is 5.92 Å². The van der Waals surface area contributed by atoms with Crippen LogP contribution in [0.4, 0.5) is 0 Å². The molecule has 0 saturated carbocycles. The first-order valence-electron chi connectivity index (χ1n) is 5.11. The summed E-state index contributed by atoms with van der Waals surface area (Å²) in [6.45, 7) is 3.93. The van der Waals surface area contributed by atoms with Crippen molar-refractivity contribution in [2.45, 2.75) is 26.8 Å². The summed E-state index contributed by atoms with van der Waals surface area (Å²) < 4.78 is 0. The molecule has 16 heavy (non-hydrogen) atoms. The maximum atomic E-state index is 11.8. The molecule has 0 aromatic carbocycles. The molecule has 0 radical (unpaired) electrons. The Hall–Kier alpha value is -1.90. The van der Waals surface area contributed by atoms with E-state index in [0.717, 1.165) is 0 Å². The fourth-order valence-electron chi connectivity index (χ4n) is 1.34. The Morgan fingerprint density at radius 3 is 2.81 bits per heavy atom. The maximum Gasteiger partial charge on any atom is 0.240 e. The van der Waals surface area contributed by atoms with Crippen LogP contribution in [0.3, 0.4) is 0 Å². The molecule has 0 bridgehead atoms. The van der Waals surface area contributed by atoms with Crippen molar-refractivity contribution in [2.75, 3.05) is 7.05 Å². The SMILES string of the molecule is CCC(C#N)C(=O)N(C)Cc1n[nH]c(C)n1. The normalized spacial score (nSPS) is 11.9. The molecule has 1 N–H and O–H groups in total. The molecule has 0 aliphatic rings. The predicted molar refractivity (Wildman–Crippen MR) is 57.0 cm³/mol. The number of nitrogens with one attached hydrogen (secondary N) is 1. The van der Waals surface area contributed by atoms with E-state index >= 15 is 0 Å². The quantitative estimate of drug-likeness (QED) is 0.807. The zero-order chi connectivity index (χ0) is 12.1. The second kappa shape index (κ2) is 5.26. The number of nitrogens with zero attached hydrogens (tertiary/aromatic N) is 4. The molecule has 0 aliphatic heterocycles. The number of aromatic amines is 1. The molecule has 1 unspecified atom stereocenters. The van der Waals surface area contributed by atoms with Gasteiger partial charge in [0, 0.05) is 7.05 Å². The van der Waals surface area contributed by atoms with Gasteiger partial charge in [-0.25, -0.2) is 4.98 Å². The van der Waals surface area contributed by atoms with Gasteiger partial charge in [0.25, 0.3) is 0 Å². The first-order valence-corrected chi connectivity index (χ1v) is 5.11. The van der Waals surface area contributed by atoms with Crippen molar-refractivity contribution in [3.8, 4) is 6.07 Å². The van der Waals surface area contributed by atoms with Crippen LogP contribution in [-0.2, 0) is 11.3 Å². The van der Waals surface area contributed by atoms with Crippen molar-refractivity contribution in [1.82, 2.24) is 20.1 Å². The monoisotopic (exact) mass is 221 g/mol. The fourth-order valence-corrected chi connectivity index (χ4v) is 1.34. The highest BCUT2D eigenvalue weighted by Gasteiger charge is 2.20. The Kier molecular flexibility index (Phi) is 4.00. The molecule has 86 valence electrons. The van der Waals surface area contributed by atoms with Gasteiger partial charge in [0.2, 0.25) is 5.91 Å². The lowest BCUT2D eigenvalue weighted by Gasteiger charge is -2.17. The summed E-state index contributed by atoms with van der Waals surface area (Å²) in [5.41, 5.74) is 0. The van der Waals surface area contributed by atoms with Crippen LogP contribution in [0.15, 0.2) is 0 Å². The third-order valence-electron chi connectivity index (χ3n) is 2.26. The molecule has 1 rings (SSSR count). The molecule has 1 aromatic rings. The van der Waals surface area contributed by atoms with Crippen molar-refractivity contribution in [1.29, 1.82) is 5.26 Å². The summed E-state index contributed by atoms with van der Waals surface area (Å²) in [5.74, 6) is 0.502. The molecular formula is C10H15N5O. The number of carbonyl (C=O) groups excluding carboxylic acids is 1. The predicted octanol–water partition coefficient (Wildman–Crippen LogP) is 0.621. The minimum absolute atomic E-state index is 0.188. The van der Waals surface area contributed by atoms with E-state index in [2.05, 4.69) is 15.2 Å². The molecule has 0 spiro atoms. The lowest BCUT2D eigenvalue weighted by molar-refractivity contribution is -0.133. The molecule has 6 heteroatoms. The Labute approximate surface area is 94.3 Å². The number of nitriles is 1. The molecule has 1 amide bonds. The molecule has 1 atom stereocenters. The van der Waals surface area contributed by atoms with Gasteiger partial charge in [-0.2, -0.15) is 10.4 Å². The van der Waals surface area contributed by atoms with Crippen molar-refractivity contribution in [3.05, 3.63) is 11.6 Å². The van der Waals surface area contributed by atoms with Gasteiger partial charge in [0.15, 0.2) is 5.82 Å². The van der Waals surface area contributed by atoms with Crippen molar-refractivity contribution >= 4 is 5.91 Å². The Balaban J connectivity index is 2.62. The van der Waals surface area contributed by atoms with E-state index in [0.29, 0.717) is 24.6 Å². The van der Waals surface area contributed by atoms with E-state index in [4.69, 9.17) is 5.26 Å². The number of rotatable bonds is 4. The number of hydrogen-bond acceptors (Lipinski definition) is 4. The van der Waals surface area contributed by atoms with E-state index in [1.807, 2.05) is 13.0 Å². The molecule has 1 heterocycles. The van der Waals surface area contributed by atoms with Crippen molar-refractivity contribution < 1.29 is 4.79 Å². The largest absolute Gasteiger partial charge is 0.337 e. The van der Waals surface area contributed by atoms with Gasteiger partial charge in [0.1, 0.15) is 11.7 Å². The highest BCUT2D eigenvalue weighted by Crippen LogP contribution is 2.07. The standard InChI is InChI=1S/C10H15N5O/c1-4-8(5-11)10(16)15(3)6-9-12-7(2)13-14-9/h8H,4,6H2,1-3H3,(H,12,13,14). The highest BCUT2D eigenvalue weighted by molar-refractivity contribution is 5.80. The van der Waals surface area contributed by atoms with Crippen LogP contribution in [0.25, 0.3) is 0 Å². The Morgan fingerprint density at radius 1 is 1.69 bits per heavy atom. The van der Waals surface area contributed by atoms with E-state index in [1.54, 1.807) is 14.0 Å². The summed E-state index contributed by atoms with van der Waals surface area (Å²) in [4.78, 5) is 17.3. The number of amides is 1. The van der Waals surface area contributed by atoms with Gasteiger partial charge in [-0.15, -0.1) is 0 Å². The van der Waals surface area contributed by atoms with Crippen LogP contribution in [-0.4, -0.2) is 33.0 Å². The minimum atomic E-state index is -0.579. The first kappa shape index (κ1) is 12.2. The van der Waals surface area contributed by atoms with Gasteiger partial charge >= 0.3 is 0 Å². The lowest BCUT2D eigenvalue weighted by Crippen LogP contribution is -2.32. The maximum absolute atomic E-state index is 11.8. The molecule has 0 fully saturated rings. The second-order valence-corrected chi connectivity index (χ2v) is 3.62. The lowest BCUT2D eigenvalue weighted by atomic mass is 10.1. The van der Waals surface area contributed by atoms with Gasteiger partial charge in [-0.1, -0.05) is 6.92 Å². The Morgan fingerprint density at radius 2 is 2.38 bits per heavy atom. The number of aryl methyl sites for hydroxylation is 1. The number of hydrogen-bond donors (Lipinski definition) is 1. The summed E-state index contributed by atoms with van der Waals surface area (Å²) in [5, 5.41) is 15.4. The van der Waals surface area contributed by atoms with Gasteiger partial charge in [-0.3, -0.25) is 9.89 Å². The van der Waals surface area contributed by atoms with Crippen LogP contribution in [0, 0.1) is 24.2 Å². The second-order valence-electron chi connectivity index (χ2n) is 3.62. The summed E-state index contributed by atoms with van der Waals surface area (Å²) >= 11 is 0. The number of aromatic nitrogens is 3. The van der Waals surface area contributed by atoms with Crippen LogP contribution in [0.2, 0.25) is 0 Å². The van der Waals surface area contributed by atoms with Crippen LogP contribution in [0.5, 0.6) is 0 Å². The van der Waals surface area contributed by atoms with Crippen LogP contribution >= 0.6 is 0 Å². The zero-order valence-corrected chi connectivity index (χ0v) is 9.69. The van der Waals surface area contributed by atoms with E-state index < -0.39 is 5.92 Å². The van der Waals surface area contributed by atoms with E-state index in [1.165, 1.54) is 4.90 Å². The molecule has 0 aliphatic carbocycles. The summed E-state index contributed by atoms with van der Waals surface area (Å²) in [6, 6.07) is 1.98. The van der Waals surface area contributed by atoms with E-state index in [-0.39, 0.29) is 5.91 Å². The average Bonchev–Trinajstić information content (AvgIpc) is 2.65. The average molecular weight is 221 g/mol. The van der Waals surface area contributed by atoms with Crippen LogP contribution in [0.1, 0.15) is 25.0 Å². The zero-order valence-electron chi connectivity index (χ0n) is 9.69. The summed E-state index contributed by atoms with van der Waals surface area (Å²) in [6.07, 6.45) is 0.521. The number of H-pyrrole nitrogens is 1. The smallest absolute Gasteiger partial charge is 0.240 e. The first-order chi connectivity index (χ1) is 7.58.